The predicted octanol–water partition coefficient (Wildman–Crippen LogP) is 4.87. The van der Waals surface area contributed by atoms with Gasteiger partial charge in [0.1, 0.15) is 25.4 Å². The number of nitrogens with one attached hydrogen (secondary N) is 2. The second kappa shape index (κ2) is 28.4. The van der Waals surface area contributed by atoms with Crippen molar-refractivity contribution in [2.45, 2.75) is 58.7 Å². The van der Waals surface area contributed by atoms with E-state index in [1.54, 1.807) is 48.5 Å². The Bertz CT molecular complexity index is 1800. The lowest BCUT2D eigenvalue weighted by Gasteiger charge is -2.33. The number of rotatable bonds is 21. The van der Waals surface area contributed by atoms with Crippen molar-refractivity contribution >= 4 is 29.9 Å². The Morgan fingerprint density at radius 2 is 0.952 bits per heavy atom. The van der Waals surface area contributed by atoms with Gasteiger partial charge in [0.2, 0.25) is 5.91 Å². The smallest absolute Gasteiger partial charge is 0.407 e. The Morgan fingerprint density at radius 1 is 0.524 bits per heavy atom. The summed E-state index contributed by atoms with van der Waals surface area (Å²) in [6, 6.07) is 27.3. The van der Waals surface area contributed by atoms with E-state index in [1.807, 2.05) is 63.2 Å². The van der Waals surface area contributed by atoms with Crippen LogP contribution in [0.2, 0.25) is 0 Å². The maximum absolute atomic E-state index is 13.3. The highest BCUT2D eigenvalue weighted by molar-refractivity contribution is 5.89. The third-order valence-corrected chi connectivity index (χ3v) is 10.3. The summed E-state index contributed by atoms with van der Waals surface area (Å²) in [6.45, 7) is 12.9. The highest BCUT2D eigenvalue weighted by Crippen LogP contribution is 2.09. The van der Waals surface area contributed by atoms with E-state index in [0.717, 1.165) is 31.2 Å². The van der Waals surface area contributed by atoms with Gasteiger partial charge < -0.3 is 29.6 Å². The van der Waals surface area contributed by atoms with Crippen LogP contribution in [0, 0.1) is 0 Å². The second-order valence-corrected chi connectivity index (χ2v) is 16.6. The fourth-order valence-electron chi connectivity index (χ4n) is 6.75. The Hall–Kier alpha value is -5.35. The van der Waals surface area contributed by atoms with E-state index in [1.165, 1.54) is 0 Å². The van der Waals surface area contributed by atoms with Crippen LogP contribution in [-0.2, 0) is 35.1 Å². The number of nitrogens with zero attached hydrogens (tertiary/aromatic N) is 4. The molecule has 0 unspecified atom stereocenters. The third kappa shape index (κ3) is 22.0. The summed E-state index contributed by atoms with van der Waals surface area (Å²) in [5, 5.41) is 5.85. The van der Waals surface area contributed by atoms with Gasteiger partial charge in [0.15, 0.2) is 0 Å². The number of carbonyl (C=O) groups excluding carboxylic acids is 5. The fourth-order valence-corrected chi connectivity index (χ4v) is 6.75. The molecule has 1 aliphatic rings. The number of ether oxygens (including phenoxy) is 4. The van der Waals surface area contributed by atoms with Crippen LogP contribution in [0.1, 0.15) is 72.7 Å². The van der Waals surface area contributed by atoms with Crippen molar-refractivity contribution in [1.82, 2.24) is 30.2 Å². The van der Waals surface area contributed by atoms with Crippen LogP contribution in [0.15, 0.2) is 91.0 Å². The largest absolute Gasteiger partial charge is 0.461 e. The van der Waals surface area contributed by atoms with Gasteiger partial charge in [-0.2, -0.15) is 0 Å². The summed E-state index contributed by atoms with van der Waals surface area (Å²) in [5.41, 5.74) is 1.35. The summed E-state index contributed by atoms with van der Waals surface area (Å²) in [7, 11) is 0. The molecule has 0 radical (unpaired) electrons. The first-order chi connectivity index (χ1) is 30.4. The first-order valence-electron chi connectivity index (χ1n) is 22.2. The quantitative estimate of drug-likeness (QED) is 0.0850. The second-order valence-electron chi connectivity index (χ2n) is 16.6. The molecular formula is C48H68N6O9. The van der Waals surface area contributed by atoms with Crippen LogP contribution < -0.4 is 10.6 Å². The van der Waals surface area contributed by atoms with Crippen molar-refractivity contribution in [1.29, 1.82) is 0 Å². The zero-order valence-electron chi connectivity index (χ0n) is 37.5. The highest BCUT2D eigenvalue weighted by atomic mass is 16.6. The van der Waals surface area contributed by atoms with Crippen LogP contribution in [0.25, 0.3) is 0 Å². The lowest BCUT2D eigenvalue weighted by Crippen LogP contribution is -2.49. The topological polar surface area (TPSA) is 159 Å². The van der Waals surface area contributed by atoms with Crippen molar-refractivity contribution in [3.8, 4) is 0 Å². The van der Waals surface area contributed by atoms with Crippen molar-refractivity contribution in [3.05, 3.63) is 108 Å². The van der Waals surface area contributed by atoms with Crippen LogP contribution >= 0.6 is 0 Å². The summed E-state index contributed by atoms with van der Waals surface area (Å²) < 4.78 is 22.3. The van der Waals surface area contributed by atoms with E-state index in [4.69, 9.17) is 18.9 Å². The number of hydrogen-bond acceptors (Lipinski definition) is 13. The predicted molar refractivity (Wildman–Crippen MR) is 241 cm³/mol. The molecule has 4 rings (SSSR count). The molecule has 15 nitrogen and oxygen atoms in total. The van der Waals surface area contributed by atoms with E-state index in [-0.39, 0.29) is 56.7 Å². The average Bonchev–Trinajstić information content (AvgIpc) is 3.27. The van der Waals surface area contributed by atoms with Gasteiger partial charge in [0.05, 0.1) is 24.2 Å². The molecule has 2 N–H and O–H groups in total. The van der Waals surface area contributed by atoms with Gasteiger partial charge >= 0.3 is 24.0 Å². The molecule has 1 saturated heterocycles. The monoisotopic (exact) mass is 873 g/mol. The van der Waals surface area contributed by atoms with Crippen molar-refractivity contribution in [2.24, 2.45) is 0 Å². The Balaban J connectivity index is 1.36. The van der Waals surface area contributed by atoms with Crippen molar-refractivity contribution in [2.75, 3.05) is 105 Å². The first-order valence-corrected chi connectivity index (χ1v) is 22.2. The lowest BCUT2D eigenvalue weighted by atomic mass is 10.2. The zero-order chi connectivity index (χ0) is 45.1. The molecule has 0 saturated carbocycles. The van der Waals surface area contributed by atoms with Gasteiger partial charge in [-0.25, -0.2) is 14.4 Å². The van der Waals surface area contributed by atoms with E-state index in [2.05, 4.69) is 30.2 Å². The van der Waals surface area contributed by atoms with Crippen LogP contribution in [0.4, 0.5) is 4.79 Å². The van der Waals surface area contributed by atoms with Crippen LogP contribution in [0.3, 0.4) is 0 Å². The molecule has 63 heavy (non-hydrogen) atoms. The van der Waals surface area contributed by atoms with Gasteiger partial charge in [0.25, 0.3) is 0 Å². The van der Waals surface area contributed by atoms with Gasteiger partial charge in [-0.15, -0.1) is 0 Å². The number of hydrogen-bond donors (Lipinski definition) is 2. The molecular weight excluding hydrogens is 805 g/mol. The number of amides is 2. The molecule has 0 spiro atoms. The Kier molecular flexibility index (Phi) is 22.6. The molecule has 2 amide bonds. The number of benzene rings is 3. The maximum atomic E-state index is 13.3. The molecule has 344 valence electrons. The molecule has 3 aromatic rings. The molecule has 3 aromatic carbocycles. The molecule has 0 bridgehead atoms. The van der Waals surface area contributed by atoms with Crippen LogP contribution in [-0.4, -0.2) is 160 Å². The van der Waals surface area contributed by atoms with E-state index in [0.29, 0.717) is 89.7 Å². The Morgan fingerprint density at radius 3 is 1.43 bits per heavy atom. The maximum Gasteiger partial charge on any atom is 0.407 e. The van der Waals surface area contributed by atoms with Gasteiger partial charge in [-0.05, 0) is 63.4 Å². The minimum atomic E-state index is -0.536. The minimum Gasteiger partial charge on any atom is -0.461 e. The Labute approximate surface area is 373 Å². The molecule has 0 atom stereocenters. The summed E-state index contributed by atoms with van der Waals surface area (Å²) in [6.07, 6.45) is 3.03. The number of esters is 3. The standard InChI is InChI=1S/C48H68N6O9/c1-48(2,3)63-47(59)50-24-16-5-4-15-23-49-43(55)37-53-29-27-51(33-35-60-45(57)41-19-11-7-12-20-41)25-26-52(34-36-61-46(58)42-21-13-8-14-22-42)28-30-54(32-31-53)38-44(56)62-39-40-17-9-6-10-18-40/h6-14,17-22H,4-5,15-16,23-39H2,1-3H3,(H,49,55)(H,50,59). The molecule has 1 aliphatic heterocycles. The number of unbranched alkanes of at least 4 members (excludes halogenated alkanes) is 3. The molecule has 1 fully saturated rings. The lowest BCUT2D eigenvalue weighted by molar-refractivity contribution is -0.146. The first kappa shape index (κ1) is 50.3. The zero-order valence-corrected chi connectivity index (χ0v) is 37.5. The van der Waals surface area contributed by atoms with Gasteiger partial charge in [-0.1, -0.05) is 79.6 Å². The van der Waals surface area contributed by atoms with Gasteiger partial charge in [0, 0.05) is 78.5 Å². The summed E-state index contributed by atoms with van der Waals surface area (Å²) in [4.78, 5) is 72.5. The minimum absolute atomic E-state index is 0.0793. The van der Waals surface area contributed by atoms with E-state index < -0.39 is 11.7 Å². The highest BCUT2D eigenvalue weighted by Gasteiger charge is 2.21. The third-order valence-electron chi connectivity index (χ3n) is 10.3. The van der Waals surface area contributed by atoms with Crippen molar-refractivity contribution < 1.29 is 42.9 Å². The fraction of sp³-hybridized carbons (Fsp3) is 0.521. The molecule has 0 aliphatic carbocycles. The average molecular weight is 873 g/mol. The number of carbonyl (C=O) groups is 5. The molecule has 1 heterocycles. The number of alkyl carbamates (subject to hydrolysis) is 1. The van der Waals surface area contributed by atoms with Crippen LogP contribution in [0.5, 0.6) is 0 Å². The molecule has 15 heteroatoms. The SMILES string of the molecule is CC(C)(C)OC(=O)NCCCCCCNC(=O)CN1CCN(CCOC(=O)c2ccccc2)CCN(CCOC(=O)c2ccccc2)CCN(CC(=O)OCc2ccccc2)CC1. The van der Waals surface area contributed by atoms with E-state index in [9.17, 15) is 24.0 Å². The van der Waals surface area contributed by atoms with Gasteiger partial charge in [-0.3, -0.25) is 29.2 Å². The summed E-state index contributed by atoms with van der Waals surface area (Å²) in [5.74, 6) is -1.19. The molecule has 0 aromatic heterocycles. The summed E-state index contributed by atoms with van der Waals surface area (Å²) >= 11 is 0. The van der Waals surface area contributed by atoms with E-state index >= 15 is 0 Å². The van der Waals surface area contributed by atoms with Crippen molar-refractivity contribution in [3.63, 3.8) is 0 Å². The normalized spacial score (nSPS) is 15.0.